The Morgan fingerprint density at radius 3 is 2.50 bits per heavy atom. The Kier molecular flexibility index (Phi) is 4.08. The van der Waals surface area contributed by atoms with Gasteiger partial charge in [0.25, 0.3) is 10.1 Å². The van der Waals surface area contributed by atoms with Crippen molar-refractivity contribution in [3.05, 3.63) is 29.3 Å². The SMILES string of the molecule is O=S(=O)(O)c1ccc2c(c1)CSC2.[NaH]. The van der Waals surface area contributed by atoms with E-state index in [9.17, 15) is 8.42 Å². The fraction of sp³-hybridized carbons (Fsp3) is 0.250. The topological polar surface area (TPSA) is 54.4 Å². The number of benzene rings is 1. The van der Waals surface area contributed by atoms with Crippen molar-refractivity contribution in [2.45, 2.75) is 16.4 Å². The average molecular weight is 240 g/mol. The van der Waals surface area contributed by atoms with Gasteiger partial charge in [-0.05, 0) is 23.3 Å². The molecule has 1 aliphatic rings. The van der Waals surface area contributed by atoms with E-state index in [1.54, 1.807) is 23.9 Å². The second kappa shape index (κ2) is 4.55. The maximum atomic E-state index is 10.8. The van der Waals surface area contributed by atoms with E-state index in [4.69, 9.17) is 4.55 Å². The zero-order valence-corrected chi connectivity index (χ0v) is 8.36. The van der Waals surface area contributed by atoms with Crippen LogP contribution in [0, 0.1) is 0 Å². The second-order valence-corrected chi connectivity index (χ2v) is 5.31. The van der Waals surface area contributed by atoms with Crippen molar-refractivity contribution < 1.29 is 13.0 Å². The Morgan fingerprint density at radius 2 is 1.86 bits per heavy atom. The molecule has 0 amide bonds. The molecule has 0 saturated heterocycles. The van der Waals surface area contributed by atoms with Crippen LogP contribution in [0.2, 0.25) is 0 Å². The van der Waals surface area contributed by atoms with Crippen molar-refractivity contribution in [2.24, 2.45) is 0 Å². The summed E-state index contributed by atoms with van der Waals surface area (Å²) in [5.41, 5.74) is 2.18. The van der Waals surface area contributed by atoms with Crippen LogP contribution in [0.15, 0.2) is 23.1 Å². The molecular weight excluding hydrogens is 231 g/mol. The summed E-state index contributed by atoms with van der Waals surface area (Å²) in [6.07, 6.45) is 0. The molecule has 0 atom stereocenters. The molecule has 1 aromatic carbocycles. The molecule has 0 bridgehead atoms. The number of hydrogen-bond donors (Lipinski definition) is 1. The first kappa shape index (κ1) is 12.5. The first-order chi connectivity index (χ1) is 6.07. The standard InChI is InChI=1S/C8H8O3S2.Na.H/c9-13(10,11)8-2-1-6-4-12-5-7(6)3-8;;/h1-3H,4-5H2,(H,9,10,11);;. The van der Waals surface area contributed by atoms with E-state index < -0.39 is 10.1 Å². The summed E-state index contributed by atoms with van der Waals surface area (Å²) in [5.74, 6) is 1.76. The minimum atomic E-state index is -4.03. The fourth-order valence-electron chi connectivity index (χ4n) is 1.31. The monoisotopic (exact) mass is 240 g/mol. The van der Waals surface area contributed by atoms with Gasteiger partial charge in [0.1, 0.15) is 0 Å². The van der Waals surface area contributed by atoms with Crippen LogP contribution >= 0.6 is 11.8 Å². The Morgan fingerprint density at radius 1 is 1.21 bits per heavy atom. The molecule has 72 valence electrons. The molecule has 3 nitrogen and oxygen atoms in total. The molecule has 0 unspecified atom stereocenters. The summed E-state index contributed by atoms with van der Waals surface area (Å²) >= 11 is 1.75. The van der Waals surface area contributed by atoms with E-state index in [1.807, 2.05) is 0 Å². The van der Waals surface area contributed by atoms with Gasteiger partial charge in [0.05, 0.1) is 4.90 Å². The first-order valence-corrected chi connectivity index (χ1v) is 6.34. The van der Waals surface area contributed by atoms with E-state index in [0.29, 0.717) is 0 Å². The van der Waals surface area contributed by atoms with Gasteiger partial charge in [-0.3, -0.25) is 4.55 Å². The Bertz CT molecular complexity index is 442. The predicted molar refractivity (Wildman–Crippen MR) is 58.4 cm³/mol. The van der Waals surface area contributed by atoms with E-state index in [2.05, 4.69) is 0 Å². The van der Waals surface area contributed by atoms with Crippen molar-refractivity contribution in [1.82, 2.24) is 0 Å². The zero-order valence-electron chi connectivity index (χ0n) is 6.73. The summed E-state index contributed by atoms with van der Waals surface area (Å²) in [4.78, 5) is -0.00579. The van der Waals surface area contributed by atoms with Crippen LogP contribution in [0.5, 0.6) is 0 Å². The zero-order chi connectivity index (χ0) is 9.47. The average Bonchev–Trinajstić information content (AvgIpc) is 2.47. The van der Waals surface area contributed by atoms with E-state index in [0.717, 1.165) is 22.6 Å². The fourth-order valence-corrected chi connectivity index (χ4v) is 2.93. The molecule has 1 N–H and O–H groups in total. The summed E-state index contributed by atoms with van der Waals surface area (Å²) in [6, 6.07) is 4.75. The van der Waals surface area contributed by atoms with Crippen LogP contribution in [0.1, 0.15) is 11.1 Å². The molecule has 0 saturated carbocycles. The second-order valence-electron chi connectivity index (χ2n) is 2.90. The van der Waals surface area contributed by atoms with Crippen LogP contribution in [-0.4, -0.2) is 42.5 Å². The van der Waals surface area contributed by atoms with Crippen molar-refractivity contribution in [1.29, 1.82) is 0 Å². The summed E-state index contributed by atoms with van der Waals surface area (Å²) in [7, 11) is -4.03. The van der Waals surface area contributed by atoms with E-state index >= 15 is 0 Å². The van der Waals surface area contributed by atoms with Gasteiger partial charge >= 0.3 is 29.6 Å². The van der Waals surface area contributed by atoms with Crippen molar-refractivity contribution in [2.75, 3.05) is 0 Å². The summed E-state index contributed by atoms with van der Waals surface area (Å²) in [5, 5.41) is 0. The maximum absolute atomic E-state index is 10.8. The third-order valence-corrected chi connectivity index (χ3v) is 3.87. The van der Waals surface area contributed by atoms with E-state index in [1.165, 1.54) is 6.07 Å². The van der Waals surface area contributed by atoms with Crippen LogP contribution in [0.4, 0.5) is 0 Å². The Hall–Kier alpha value is 0.480. The normalized spacial score (nSPS) is 14.6. The molecule has 1 aliphatic heterocycles. The van der Waals surface area contributed by atoms with Crippen molar-refractivity contribution in [3.8, 4) is 0 Å². The molecule has 0 spiro atoms. The molecule has 0 aromatic heterocycles. The van der Waals surface area contributed by atoms with E-state index in [-0.39, 0.29) is 34.5 Å². The van der Waals surface area contributed by atoms with Gasteiger partial charge in [0, 0.05) is 11.5 Å². The molecule has 0 radical (unpaired) electrons. The van der Waals surface area contributed by atoms with Gasteiger partial charge in [-0.25, -0.2) is 0 Å². The van der Waals surface area contributed by atoms with Gasteiger partial charge in [-0.2, -0.15) is 20.2 Å². The van der Waals surface area contributed by atoms with Gasteiger partial charge in [0.15, 0.2) is 0 Å². The summed E-state index contributed by atoms with van der Waals surface area (Å²) < 4.78 is 30.3. The number of rotatable bonds is 1. The molecule has 6 heteroatoms. The molecule has 1 aromatic rings. The molecular formula is C8H9NaO3S2. The molecule has 1 heterocycles. The van der Waals surface area contributed by atoms with Crippen molar-refractivity contribution in [3.63, 3.8) is 0 Å². The van der Waals surface area contributed by atoms with Crippen LogP contribution in [-0.2, 0) is 21.6 Å². The molecule has 0 aliphatic carbocycles. The molecule has 2 rings (SSSR count). The predicted octanol–water partition coefficient (Wildman–Crippen LogP) is 1.03. The first-order valence-electron chi connectivity index (χ1n) is 3.74. The van der Waals surface area contributed by atoms with Crippen LogP contribution in [0.3, 0.4) is 0 Å². The van der Waals surface area contributed by atoms with Gasteiger partial charge in [0.2, 0.25) is 0 Å². The van der Waals surface area contributed by atoms with Crippen molar-refractivity contribution >= 4 is 51.4 Å². The molecule has 0 fully saturated rings. The van der Waals surface area contributed by atoms with Crippen LogP contribution < -0.4 is 0 Å². The van der Waals surface area contributed by atoms with Gasteiger partial charge < -0.3 is 0 Å². The minimum absolute atomic E-state index is 0. The Balaban J connectivity index is 0.000000980. The quantitative estimate of drug-likeness (QED) is 0.588. The number of thioether (sulfide) groups is 1. The third-order valence-electron chi connectivity index (χ3n) is 1.99. The van der Waals surface area contributed by atoms with Gasteiger partial charge in [-0.15, -0.1) is 0 Å². The number of hydrogen-bond acceptors (Lipinski definition) is 3. The third kappa shape index (κ3) is 2.53. The summed E-state index contributed by atoms with van der Waals surface area (Å²) in [6.45, 7) is 0. The molecule has 14 heavy (non-hydrogen) atoms. The Labute approximate surface area is 109 Å². The van der Waals surface area contributed by atoms with Crippen LogP contribution in [0.25, 0.3) is 0 Å². The number of fused-ring (bicyclic) bond motifs is 1. The van der Waals surface area contributed by atoms with Gasteiger partial charge in [-0.1, -0.05) is 6.07 Å².